The Balaban J connectivity index is 2.07. The Morgan fingerprint density at radius 1 is 1.09 bits per heavy atom. The van der Waals surface area contributed by atoms with Crippen molar-refractivity contribution < 1.29 is 4.79 Å². The molecule has 1 heterocycles. The number of benzene rings is 2. The second-order valence-electron chi connectivity index (χ2n) is 4.75. The molecular formula is C17H13BrN2OS. The van der Waals surface area contributed by atoms with Crippen LogP contribution in [0.25, 0.3) is 5.69 Å². The van der Waals surface area contributed by atoms with E-state index in [4.69, 9.17) is 0 Å². The van der Waals surface area contributed by atoms with E-state index in [-0.39, 0.29) is 5.91 Å². The number of nitrogens with zero attached hydrogens (tertiary/aromatic N) is 2. The van der Waals surface area contributed by atoms with Crippen LogP contribution in [0.5, 0.6) is 0 Å². The van der Waals surface area contributed by atoms with Crippen LogP contribution in [-0.4, -0.2) is 10.5 Å². The first-order valence-electron chi connectivity index (χ1n) is 6.72. The summed E-state index contributed by atoms with van der Waals surface area (Å²) < 4.78 is 3.00. The number of halogens is 1. The molecule has 0 fully saturated rings. The minimum Gasteiger partial charge on any atom is -0.290 e. The number of aryl methyl sites for hydroxylation is 1. The zero-order valence-electron chi connectivity index (χ0n) is 11.9. The molecule has 5 heteroatoms. The van der Waals surface area contributed by atoms with Crippen molar-refractivity contribution in [1.82, 2.24) is 4.57 Å². The maximum Gasteiger partial charge on any atom is 0.279 e. The summed E-state index contributed by atoms with van der Waals surface area (Å²) in [7, 11) is 0. The molecule has 3 nitrogen and oxygen atoms in total. The monoisotopic (exact) mass is 372 g/mol. The maximum absolute atomic E-state index is 12.3. The minimum atomic E-state index is -0.228. The van der Waals surface area contributed by atoms with Crippen molar-refractivity contribution in [3.63, 3.8) is 0 Å². The number of carbonyl (C=O) groups excluding carboxylic acids is 1. The van der Waals surface area contributed by atoms with E-state index in [1.165, 1.54) is 11.3 Å². The number of aromatic nitrogens is 1. The smallest absolute Gasteiger partial charge is 0.279 e. The molecule has 0 radical (unpaired) electrons. The molecule has 0 aliphatic heterocycles. The number of hydrogen-bond donors (Lipinski definition) is 0. The zero-order chi connectivity index (χ0) is 15.5. The lowest BCUT2D eigenvalue weighted by Gasteiger charge is -2.05. The van der Waals surface area contributed by atoms with Crippen molar-refractivity contribution in [2.24, 2.45) is 4.99 Å². The summed E-state index contributed by atoms with van der Waals surface area (Å²) in [6, 6.07) is 17.0. The van der Waals surface area contributed by atoms with Gasteiger partial charge in [0, 0.05) is 26.8 Å². The quantitative estimate of drug-likeness (QED) is 0.658. The summed E-state index contributed by atoms with van der Waals surface area (Å²) in [5, 5.41) is 2.00. The molecule has 1 amide bonds. The van der Waals surface area contributed by atoms with E-state index in [2.05, 4.69) is 20.9 Å². The standard InChI is InChI=1S/C17H13BrN2OS/c1-12-11-22-17(19-16(21)13-5-3-2-4-6-13)20(12)15-9-7-14(18)8-10-15/h2-11H,1H3. The first-order chi connectivity index (χ1) is 10.6. The van der Waals surface area contributed by atoms with Gasteiger partial charge in [-0.05, 0) is 43.3 Å². The van der Waals surface area contributed by atoms with Gasteiger partial charge in [0.05, 0.1) is 0 Å². The van der Waals surface area contributed by atoms with Crippen LogP contribution in [0.1, 0.15) is 16.1 Å². The van der Waals surface area contributed by atoms with Gasteiger partial charge in [-0.1, -0.05) is 34.1 Å². The molecule has 110 valence electrons. The van der Waals surface area contributed by atoms with E-state index in [1.54, 1.807) is 12.1 Å². The van der Waals surface area contributed by atoms with E-state index in [0.717, 1.165) is 15.9 Å². The van der Waals surface area contributed by atoms with Gasteiger partial charge >= 0.3 is 0 Å². The van der Waals surface area contributed by atoms with E-state index in [0.29, 0.717) is 10.4 Å². The molecule has 2 aromatic carbocycles. The van der Waals surface area contributed by atoms with Gasteiger partial charge < -0.3 is 0 Å². The third kappa shape index (κ3) is 3.10. The van der Waals surface area contributed by atoms with Gasteiger partial charge in [-0.3, -0.25) is 9.36 Å². The number of rotatable bonds is 2. The highest BCUT2D eigenvalue weighted by molar-refractivity contribution is 9.10. The average Bonchev–Trinajstić information content (AvgIpc) is 2.90. The first kappa shape index (κ1) is 14.9. The van der Waals surface area contributed by atoms with Crippen LogP contribution in [0.4, 0.5) is 0 Å². The summed E-state index contributed by atoms with van der Waals surface area (Å²) in [6.45, 7) is 2.00. The predicted octanol–water partition coefficient (Wildman–Crippen LogP) is 4.35. The Morgan fingerprint density at radius 2 is 1.77 bits per heavy atom. The topological polar surface area (TPSA) is 34.4 Å². The Hall–Kier alpha value is -1.98. The van der Waals surface area contributed by atoms with Crippen molar-refractivity contribution in [3.05, 3.63) is 80.5 Å². The summed E-state index contributed by atoms with van der Waals surface area (Å²) in [5.41, 5.74) is 2.63. The van der Waals surface area contributed by atoms with E-state index in [9.17, 15) is 4.79 Å². The van der Waals surface area contributed by atoms with Crippen LogP contribution in [-0.2, 0) is 0 Å². The number of hydrogen-bond acceptors (Lipinski definition) is 2. The number of carbonyl (C=O) groups is 1. The Bertz CT molecular complexity index is 864. The summed E-state index contributed by atoms with van der Waals surface area (Å²) in [4.78, 5) is 17.2. The maximum atomic E-state index is 12.3. The molecular weight excluding hydrogens is 360 g/mol. The third-order valence-corrected chi connectivity index (χ3v) is 4.65. The van der Waals surface area contributed by atoms with Crippen molar-refractivity contribution in [1.29, 1.82) is 0 Å². The highest BCUT2D eigenvalue weighted by Gasteiger charge is 2.07. The van der Waals surface area contributed by atoms with Crippen LogP contribution < -0.4 is 4.80 Å². The SMILES string of the molecule is Cc1csc(=NC(=O)c2ccccc2)n1-c1ccc(Br)cc1. The summed E-state index contributed by atoms with van der Waals surface area (Å²) in [5.74, 6) is -0.228. The Morgan fingerprint density at radius 3 is 2.45 bits per heavy atom. The van der Waals surface area contributed by atoms with Crippen LogP contribution in [0.15, 0.2) is 69.4 Å². The third-order valence-electron chi connectivity index (χ3n) is 3.18. The molecule has 22 heavy (non-hydrogen) atoms. The minimum absolute atomic E-state index is 0.228. The molecule has 3 aromatic rings. The lowest BCUT2D eigenvalue weighted by Crippen LogP contribution is -2.16. The predicted molar refractivity (Wildman–Crippen MR) is 92.4 cm³/mol. The highest BCUT2D eigenvalue weighted by Crippen LogP contribution is 2.15. The molecule has 0 aliphatic carbocycles. The fraction of sp³-hybridized carbons (Fsp3) is 0.0588. The van der Waals surface area contributed by atoms with Gasteiger partial charge in [-0.25, -0.2) is 0 Å². The van der Waals surface area contributed by atoms with Gasteiger partial charge in [0.15, 0.2) is 4.80 Å². The molecule has 0 bridgehead atoms. The Kier molecular flexibility index (Phi) is 4.36. The van der Waals surface area contributed by atoms with Crippen LogP contribution in [0, 0.1) is 6.92 Å². The Labute approximate surface area is 140 Å². The average molecular weight is 373 g/mol. The summed E-state index contributed by atoms with van der Waals surface area (Å²) in [6.07, 6.45) is 0. The molecule has 0 saturated carbocycles. The van der Waals surface area contributed by atoms with E-state index < -0.39 is 0 Å². The molecule has 1 aromatic heterocycles. The lowest BCUT2D eigenvalue weighted by atomic mass is 10.2. The van der Waals surface area contributed by atoms with Crippen LogP contribution in [0.3, 0.4) is 0 Å². The summed E-state index contributed by atoms with van der Waals surface area (Å²) >= 11 is 4.89. The van der Waals surface area contributed by atoms with Gasteiger partial charge in [-0.15, -0.1) is 11.3 Å². The van der Waals surface area contributed by atoms with Gasteiger partial charge in [-0.2, -0.15) is 4.99 Å². The zero-order valence-corrected chi connectivity index (χ0v) is 14.3. The van der Waals surface area contributed by atoms with Crippen molar-refractivity contribution in [2.75, 3.05) is 0 Å². The molecule has 0 saturated heterocycles. The number of thiazole rings is 1. The van der Waals surface area contributed by atoms with Crippen molar-refractivity contribution in [2.45, 2.75) is 6.92 Å². The van der Waals surface area contributed by atoms with E-state index >= 15 is 0 Å². The molecule has 0 unspecified atom stereocenters. The number of amides is 1. The molecule has 0 N–H and O–H groups in total. The highest BCUT2D eigenvalue weighted by atomic mass is 79.9. The van der Waals surface area contributed by atoms with Gasteiger partial charge in [0.2, 0.25) is 0 Å². The lowest BCUT2D eigenvalue weighted by molar-refractivity contribution is 0.0998. The largest absolute Gasteiger partial charge is 0.290 e. The van der Waals surface area contributed by atoms with Gasteiger partial charge in [0.1, 0.15) is 0 Å². The normalized spacial score (nSPS) is 11.6. The fourth-order valence-electron chi connectivity index (χ4n) is 2.11. The van der Waals surface area contributed by atoms with Crippen LogP contribution >= 0.6 is 27.3 Å². The molecule has 0 spiro atoms. The van der Waals surface area contributed by atoms with Crippen LogP contribution in [0.2, 0.25) is 0 Å². The van der Waals surface area contributed by atoms with Crippen molar-refractivity contribution in [3.8, 4) is 5.69 Å². The van der Waals surface area contributed by atoms with E-state index in [1.807, 2.05) is 59.3 Å². The molecule has 0 atom stereocenters. The van der Waals surface area contributed by atoms with Crippen molar-refractivity contribution >= 4 is 33.2 Å². The first-order valence-corrected chi connectivity index (χ1v) is 8.39. The molecule has 3 rings (SSSR count). The fourth-order valence-corrected chi connectivity index (χ4v) is 3.24. The van der Waals surface area contributed by atoms with Gasteiger partial charge in [0.25, 0.3) is 5.91 Å². The molecule has 0 aliphatic rings. The second kappa shape index (κ2) is 6.42. The second-order valence-corrected chi connectivity index (χ2v) is 6.51.